The van der Waals surface area contributed by atoms with Gasteiger partial charge >= 0.3 is 0 Å². The highest BCUT2D eigenvalue weighted by Crippen LogP contribution is 2.35. The number of aliphatic hydroxyl groups is 1. The first-order valence-corrected chi connectivity index (χ1v) is 6.67. The molecule has 0 spiro atoms. The van der Waals surface area contributed by atoms with Crippen molar-refractivity contribution < 1.29 is 14.6 Å². The minimum atomic E-state index is -0.574. The molecule has 19 heavy (non-hydrogen) atoms. The van der Waals surface area contributed by atoms with E-state index in [-0.39, 0.29) is 6.04 Å². The van der Waals surface area contributed by atoms with E-state index in [1.807, 2.05) is 18.2 Å². The van der Waals surface area contributed by atoms with Crippen LogP contribution in [0.4, 0.5) is 5.69 Å². The molecule has 0 saturated carbocycles. The maximum Gasteiger partial charge on any atom is 0.126 e. The summed E-state index contributed by atoms with van der Waals surface area (Å²) in [7, 11) is 3.32. The molecule has 108 valence electrons. The van der Waals surface area contributed by atoms with E-state index >= 15 is 0 Å². The van der Waals surface area contributed by atoms with E-state index in [1.165, 1.54) is 0 Å². The molecular weight excluding hydrogens is 242 g/mol. The molecule has 1 aromatic carbocycles. The number of anilines is 1. The molecular formula is C15H25NO3. The van der Waals surface area contributed by atoms with Gasteiger partial charge in [0.25, 0.3) is 0 Å². The van der Waals surface area contributed by atoms with Gasteiger partial charge in [-0.1, -0.05) is 6.07 Å². The van der Waals surface area contributed by atoms with Crippen molar-refractivity contribution in [1.82, 2.24) is 0 Å². The van der Waals surface area contributed by atoms with E-state index in [4.69, 9.17) is 9.47 Å². The molecule has 0 fully saturated rings. The molecule has 1 aromatic rings. The molecule has 0 bridgehead atoms. The minimum absolute atomic E-state index is 0.236. The van der Waals surface area contributed by atoms with Crippen LogP contribution in [0.3, 0.4) is 0 Å². The molecule has 0 aliphatic rings. The number of ether oxygens (including phenoxy) is 2. The van der Waals surface area contributed by atoms with Gasteiger partial charge in [0, 0.05) is 30.9 Å². The van der Waals surface area contributed by atoms with Crippen LogP contribution in [0.25, 0.3) is 0 Å². The fourth-order valence-electron chi connectivity index (χ4n) is 2.43. The third-order valence-corrected chi connectivity index (χ3v) is 3.27. The van der Waals surface area contributed by atoms with E-state index in [0.29, 0.717) is 6.61 Å². The Morgan fingerprint density at radius 2 is 1.95 bits per heavy atom. The Labute approximate surface area is 115 Å². The van der Waals surface area contributed by atoms with Gasteiger partial charge in [0.15, 0.2) is 0 Å². The van der Waals surface area contributed by atoms with Crippen LogP contribution in [-0.2, 0) is 4.74 Å². The zero-order valence-electron chi connectivity index (χ0n) is 12.5. The summed E-state index contributed by atoms with van der Waals surface area (Å²) in [6, 6.07) is 6.07. The summed E-state index contributed by atoms with van der Waals surface area (Å²) < 4.78 is 10.6. The largest absolute Gasteiger partial charge is 0.496 e. The second kappa shape index (κ2) is 7.36. The average molecular weight is 267 g/mol. The number of likely N-dealkylation sites (N-methyl/N-ethyl adjacent to an activating group) is 1. The summed E-state index contributed by atoms with van der Waals surface area (Å²) in [5.41, 5.74) is 1.83. The van der Waals surface area contributed by atoms with Gasteiger partial charge in [0.05, 0.1) is 19.8 Å². The number of nitrogens with zero attached hydrogens (tertiary/aromatic N) is 1. The lowest BCUT2D eigenvalue weighted by atomic mass is 10.0. The van der Waals surface area contributed by atoms with Gasteiger partial charge in [-0.3, -0.25) is 0 Å². The first kappa shape index (κ1) is 15.8. The van der Waals surface area contributed by atoms with Crippen LogP contribution in [0, 0.1) is 0 Å². The predicted octanol–water partition coefficient (Wildman–Crippen LogP) is 2.61. The van der Waals surface area contributed by atoms with Crippen LogP contribution >= 0.6 is 0 Å². The van der Waals surface area contributed by atoms with E-state index in [0.717, 1.165) is 23.5 Å². The molecule has 1 N–H and O–H groups in total. The molecule has 4 nitrogen and oxygen atoms in total. The summed E-state index contributed by atoms with van der Waals surface area (Å²) in [6.07, 6.45) is -0.574. The molecule has 1 unspecified atom stereocenters. The van der Waals surface area contributed by atoms with Crippen molar-refractivity contribution in [2.75, 3.05) is 32.3 Å². The van der Waals surface area contributed by atoms with Crippen LogP contribution < -0.4 is 9.64 Å². The Morgan fingerprint density at radius 1 is 1.26 bits per heavy atom. The Morgan fingerprint density at radius 3 is 2.42 bits per heavy atom. The number of rotatable bonds is 7. The topological polar surface area (TPSA) is 41.9 Å². The maximum atomic E-state index is 10.0. The van der Waals surface area contributed by atoms with Gasteiger partial charge in [-0.25, -0.2) is 0 Å². The monoisotopic (exact) mass is 267 g/mol. The first-order valence-electron chi connectivity index (χ1n) is 6.67. The summed E-state index contributed by atoms with van der Waals surface area (Å²) in [5, 5.41) is 10.0. The normalized spacial score (nSPS) is 14.0. The van der Waals surface area contributed by atoms with Crippen molar-refractivity contribution >= 4 is 5.69 Å². The highest BCUT2D eigenvalue weighted by molar-refractivity contribution is 5.61. The third kappa shape index (κ3) is 3.61. The molecule has 0 aliphatic heterocycles. The van der Waals surface area contributed by atoms with Crippen molar-refractivity contribution in [2.24, 2.45) is 0 Å². The van der Waals surface area contributed by atoms with Crippen molar-refractivity contribution in [3.8, 4) is 5.75 Å². The maximum absolute atomic E-state index is 10.0. The summed E-state index contributed by atoms with van der Waals surface area (Å²) in [4.78, 5) is 2.22. The Balaban J connectivity index is 3.22. The molecule has 0 amide bonds. The summed E-state index contributed by atoms with van der Waals surface area (Å²) in [5.74, 6) is 0.718. The van der Waals surface area contributed by atoms with Crippen molar-refractivity contribution in [1.29, 1.82) is 0 Å². The Hall–Kier alpha value is -1.26. The van der Waals surface area contributed by atoms with Gasteiger partial charge in [-0.2, -0.15) is 0 Å². The molecule has 0 heterocycles. The minimum Gasteiger partial charge on any atom is -0.496 e. The zero-order chi connectivity index (χ0) is 14.4. The smallest absolute Gasteiger partial charge is 0.126 e. The number of benzene rings is 1. The van der Waals surface area contributed by atoms with Crippen LogP contribution in [-0.4, -0.2) is 38.5 Å². The lowest BCUT2D eigenvalue weighted by molar-refractivity contribution is 0.180. The van der Waals surface area contributed by atoms with Gasteiger partial charge < -0.3 is 19.5 Å². The van der Waals surface area contributed by atoms with Gasteiger partial charge in [0.1, 0.15) is 5.75 Å². The van der Waals surface area contributed by atoms with Crippen molar-refractivity contribution in [3.05, 3.63) is 23.8 Å². The fraction of sp³-hybridized carbons (Fsp3) is 0.600. The second-order valence-corrected chi connectivity index (χ2v) is 4.66. The molecule has 4 heteroatoms. The first-order chi connectivity index (χ1) is 9.06. The summed E-state index contributed by atoms with van der Waals surface area (Å²) >= 11 is 0. The SMILES string of the molecule is CCN(c1cccc(OC)c1[C@@H](C)O)C(C)COC. The molecule has 0 aliphatic carbocycles. The highest BCUT2D eigenvalue weighted by Gasteiger charge is 2.21. The van der Waals surface area contributed by atoms with Crippen LogP contribution in [0.1, 0.15) is 32.4 Å². The lowest BCUT2D eigenvalue weighted by Crippen LogP contribution is -2.37. The predicted molar refractivity (Wildman–Crippen MR) is 78.0 cm³/mol. The van der Waals surface area contributed by atoms with Crippen LogP contribution in [0.15, 0.2) is 18.2 Å². The van der Waals surface area contributed by atoms with Gasteiger partial charge in [-0.05, 0) is 32.9 Å². The molecule has 0 aromatic heterocycles. The lowest BCUT2D eigenvalue weighted by Gasteiger charge is -2.32. The van der Waals surface area contributed by atoms with Crippen LogP contribution in [0.2, 0.25) is 0 Å². The van der Waals surface area contributed by atoms with Gasteiger partial charge in [0.2, 0.25) is 0 Å². The van der Waals surface area contributed by atoms with E-state index in [2.05, 4.69) is 18.7 Å². The quantitative estimate of drug-likeness (QED) is 0.824. The molecule has 0 saturated heterocycles. The molecule has 1 rings (SSSR count). The van der Waals surface area contributed by atoms with Gasteiger partial charge in [-0.15, -0.1) is 0 Å². The zero-order valence-corrected chi connectivity index (χ0v) is 12.5. The highest BCUT2D eigenvalue weighted by atomic mass is 16.5. The number of methoxy groups -OCH3 is 2. The van der Waals surface area contributed by atoms with E-state index < -0.39 is 6.10 Å². The molecule has 0 radical (unpaired) electrons. The average Bonchev–Trinajstić information content (AvgIpc) is 2.39. The van der Waals surface area contributed by atoms with E-state index in [9.17, 15) is 5.11 Å². The van der Waals surface area contributed by atoms with Crippen molar-refractivity contribution in [3.63, 3.8) is 0 Å². The number of hydrogen-bond donors (Lipinski definition) is 1. The Bertz CT molecular complexity index is 393. The van der Waals surface area contributed by atoms with Crippen LogP contribution in [0.5, 0.6) is 5.75 Å². The summed E-state index contributed by atoms with van der Waals surface area (Å²) in [6.45, 7) is 7.45. The Kier molecular flexibility index (Phi) is 6.12. The molecule has 2 atom stereocenters. The van der Waals surface area contributed by atoms with Crippen molar-refractivity contribution in [2.45, 2.75) is 32.9 Å². The third-order valence-electron chi connectivity index (χ3n) is 3.27. The van der Waals surface area contributed by atoms with E-state index in [1.54, 1.807) is 21.1 Å². The standard InChI is InChI=1S/C15H25NO3/c1-6-16(11(2)10-18-4)13-8-7-9-14(19-5)15(13)12(3)17/h7-9,11-12,17H,6,10H2,1-5H3/t11?,12-/m1/s1. The fourth-order valence-corrected chi connectivity index (χ4v) is 2.43. The second-order valence-electron chi connectivity index (χ2n) is 4.66. The number of aliphatic hydroxyl groups excluding tert-OH is 1. The number of hydrogen-bond acceptors (Lipinski definition) is 4.